The van der Waals surface area contributed by atoms with Crippen LogP contribution in [0.5, 0.6) is 0 Å². The van der Waals surface area contributed by atoms with Crippen molar-refractivity contribution in [1.29, 1.82) is 0 Å². The van der Waals surface area contributed by atoms with Gasteiger partial charge in [-0.25, -0.2) is 0 Å². The van der Waals surface area contributed by atoms with Crippen LogP contribution in [0.15, 0.2) is 21.0 Å². The molecule has 84 valence electrons. The van der Waals surface area contributed by atoms with E-state index in [1.54, 1.807) is 5.57 Å². The van der Waals surface area contributed by atoms with Crippen molar-refractivity contribution in [2.75, 3.05) is 0 Å². The van der Waals surface area contributed by atoms with E-state index in [1.165, 1.54) is 38.5 Å². The van der Waals surface area contributed by atoms with Gasteiger partial charge in [-0.3, -0.25) is 0 Å². The summed E-state index contributed by atoms with van der Waals surface area (Å²) in [6, 6.07) is 0. The molecule has 1 saturated carbocycles. The average Bonchev–Trinajstić information content (AvgIpc) is 2.67. The van der Waals surface area contributed by atoms with E-state index < -0.39 is 20.3 Å². The Balaban J connectivity index is 2.20. The molecule has 0 heterocycles. The second-order valence-corrected chi connectivity index (χ2v) is 18.7. The standard InChI is InChI=1S/C11H15.3CH3.Zr/c1-2-6-10(7-3-1)11-8-4-5-9-11;;;;/h4,8,10H,1-3,5-7H2;3*1H3;. The summed E-state index contributed by atoms with van der Waals surface area (Å²) in [5.41, 5.74) is 1.79. The molecular weight excluding hydrogens is 259 g/mol. The maximum atomic E-state index is 2.57. The molecule has 0 aliphatic heterocycles. The van der Waals surface area contributed by atoms with Gasteiger partial charge in [0, 0.05) is 0 Å². The second-order valence-electron chi connectivity index (χ2n) is 6.13. The molecule has 2 aliphatic carbocycles. The normalized spacial score (nSPS) is 23.9. The molecule has 0 atom stereocenters. The zero-order valence-electron chi connectivity index (χ0n) is 10.5. The molecule has 15 heavy (non-hydrogen) atoms. The molecule has 0 aromatic rings. The molecule has 0 radical (unpaired) electrons. The molecule has 0 aromatic carbocycles. The molecule has 0 aromatic heterocycles. The maximum absolute atomic E-state index is 2.57. The predicted molar refractivity (Wildman–Crippen MR) is 65.0 cm³/mol. The van der Waals surface area contributed by atoms with Gasteiger partial charge in [0.1, 0.15) is 0 Å². The van der Waals surface area contributed by atoms with Crippen LogP contribution in [0.3, 0.4) is 0 Å². The van der Waals surface area contributed by atoms with Gasteiger partial charge >= 0.3 is 99.6 Å². The third-order valence-electron chi connectivity index (χ3n) is 3.92. The Bertz CT molecular complexity index is 285. The number of hydrogen-bond donors (Lipinski definition) is 0. The van der Waals surface area contributed by atoms with Crippen molar-refractivity contribution in [1.82, 2.24) is 0 Å². The van der Waals surface area contributed by atoms with Gasteiger partial charge in [-0.2, -0.15) is 0 Å². The summed E-state index contributed by atoms with van der Waals surface area (Å²) >= 11 is -1.78. The van der Waals surface area contributed by atoms with E-state index in [2.05, 4.69) is 26.0 Å². The van der Waals surface area contributed by atoms with Crippen molar-refractivity contribution in [2.24, 2.45) is 5.92 Å². The summed E-state index contributed by atoms with van der Waals surface area (Å²) in [5.74, 6) is 0.934. The predicted octanol–water partition coefficient (Wildman–Crippen LogP) is 5.08. The number of allylic oxidation sites excluding steroid dienone is 4. The average molecular weight is 284 g/mol. The van der Waals surface area contributed by atoms with E-state index in [0.29, 0.717) is 0 Å². The molecule has 0 N–H and O–H groups in total. The second kappa shape index (κ2) is 4.70. The first-order valence-electron chi connectivity index (χ1n) is 6.49. The Morgan fingerprint density at radius 1 is 1.07 bits per heavy atom. The Kier molecular flexibility index (Phi) is 3.71. The summed E-state index contributed by atoms with van der Waals surface area (Å²) < 4.78 is 9.62. The summed E-state index contributed by atoms with van der Waals surface area (Å²) in [4.78, 5) is 0. The molecule has 2 rings (SSSR count). The molecule has 0 saturated heterocycles. The van der Waals surface area contributed by atoms with Crippen LogP contribution in [-0.4, -0.2) is 0 Å². The van der Waals surface area contributed by atoms with Gasteiger partial charge in [0.15, 0.2) is 0 Å². The molecule has 1 heteroatoms. The third kappa shape index (κ3) is 2.73. The van der Waals surface area contributed by atoms with Crippen molar-refractivity contribution < 1.29 is 20.3 Å². The monoisotopic (exact) mass is 282 g/mol. The van der Waals surface area contributed by atoms with Crippen LogP contribution in [0.25, 0.3) is 0 Å². The van der Waals surface area contributed by atoms with Crippen molar-refractivity contribution in [3.8, 4) is 0 Å². The van der Waals surface area contributed by atoms with E-state index in [4.69, 9.17) is 0 Å². The van der Waals surface area contributed by atoms with E-state index in [1.807, 2.05) is 3.28 Å². The molecule has 0 bridgehead atoms. The fourth-order valence-corrected chi connectivity index (χ4v) is 7.69. The van der Waals surface area contributed by atoms with Crippen molar-refractivity contribution in [3.63, 3.8) is 0 Å². The van der Waals surface area contributed by atoms with E-state index in [9.17, 15) is 0 Å². The molecule has 0 spiro atoms. The first kappa shape index (κ1) is 11.8. The van der Waals surface area contributed by atoms with Crippen molar-refractivity contribution >= 4 is 0 Å². The Hall–Kier alpha value is 0.363. The Morgan fingerprint density at radius 2 is 1.73 bits per heavy atom. The van der Waals surface area contributed by atoms with Gasteiger partial charge in [0.05, 0.1) is 0 Å². The Labute approximate surface area is 99.2 Å². The van der Waals surface area contributed by atoms with E-state index in [0.717, 1.165) is 5.92 Å². The van der Waals surface area contributed by atoms with Gasteiger partial charge in [-0.15, -0.1) is 0 Å². The first-order valence-corrected chi connectivity index (χ1v) is 15.1. The van der Waals surface area contributed by atoms with E-state index >= 15 is 0 Å². The Morgan fingerprint density at radius 3 is 2.33 bits per heavy atom. The van der Waals surface area contributed by atoms with Crippen molar-refractivity contribution in [3.05, 3.63) is 21.0 Å². The van der Waals surface area contributed by atoms with Gasteiger partial charge < -0.3 is 0 Å². The SMILES string of the molecule is [CH3][Zr]([CH3])([CH3])[C]1=C(C2CCCCC2)C=CC1. The summed E-state index contributed by atoms with van der Waals surface area (Å²) in [6.07, 6.45) is 13.5. The zero-order valence-corrected chi connectivity index (χ0v) is 12.9. The van der Waals surface area contributed by atoms with Crippen LogP contribution in [0, 0.1) is 5.92 Å². The summed E-state index contributed by atoms with van der Waals surface area (Å²) in [5, 5.41) is 0. The number of rotatable bonds is 2. The molecule has 0 amide bonds. The van der Waals surface area contributed by atoms with Crippen molar-refractivity contribution in [2.45, 2.75) is 52.4 Å². The van der Waals surface area contributed by atoms with Crippen LogP contribution in [0.1, 0.15) is 38.5 Å². The van der Waals surface area contributed by atoms with Gasteiger partial charge in [0.25, 0.3) is 0 Å². The fourth-order valence-electron chi connectivity index (χ4n) is 3.06. The first-order chi connectivity index (χ1) is 7.09. The van der Waals surface area contributed by atoms with Gasteiger partial charge in [-0.05, 0) is 0 Å². The van der Waals surface area contributed by atoms with Crippen LogP contribution in [0.2, 0.25) is 13.9 Å². The van der Waals surface area contributed by atoms with Crippen LogP contribution < -0.4 is 0 Å². The summed E-state index contributed by atoms with van der Waals surface area (Å²) in [7, 11) is 0. The van der Waals surface area contributed by atoms with Crippen LogP contribution in [-0.2, 0) is 20.3 Å². The van der Waals surface area contributed by atoms with Gasteiger partial charge in [-0.1, -0.05) is 0 Å². The topological polar surface area (TPSA) is 0 Å². The molecule has 0 nitrogen and oxygen atoms in total. The van der Waals surface area contributed by atoms with E-state index in [-0.39, 0.29) is 0 Å². The molecule has 1 fully saturated rings. The summed E-state index contributed by atoms with van der Waals surface area (Å²) in [6.45, 7) is 0. The zero-order chi connectivity index (χ0) is 10.9. The van der Waals surface area contributed by atoms with Crippen LogP contribution in [0.4, 0.5) is 0 Å². The fraction of sp³-hybridized carbons (Fsp3) is 0.714. The third-order valence-corrected chi connectivity index (χ3v) is 9.58. The molecular formula is C14H24Zr. The molecule has 0 unspecified atom stereocenters. The molecule has 2 aliphatic rings. The van der Waals surface area contributed by atoms with Crippen LogP contribution >= 0.6 is 0 Å². The van der Waals surface area contributed by atoms with Gasteiger partial charge in [0.2, 0.25) is 0 Å². The minimum atomic E-state index is -1.78. The quantitative estimate of drug-likeness (QED) is 0.663. The number of hydrogen-bond acceptors (Lipinski definition) is 0. The minimum absolute atomic E-state index is 0.934.